The summed E-state index contributed by atoms with van der Waals surface area (Å²) in [5.74, 6) is 0.0535. The van der Waals surface area contributed by atoms with Gasteiger partial charge in [-0.3, -0.25) is 19.5 Å². The fourth-order valence-electron chi connectivity index (χ4n) is 2.86. The van der Waals surface area contributed by atoms with Crippen molar-refractivity contribution in [3.05, 3.63) is 36.2 Å². The molecule has 0 spiro atoms. The number of carbonyl (C=O) groups is 2. The van der Waals surface area contributed by atoms with E-state index in [9.17, 15) is 9.59 Å². The highest BCUT2D eigenvalue weighted by molar-refractivity contribution is 5.91. The molecule has 2 rings (SSSR count). The number of nitrogens with one attached hydrogen (secondary N) is 1. The van der Waals surface area contributed by atoms with Crippen LogP contribution in [-0.2, 0) is 9.59 Å². The molecule has 1 aliphatic rings. The lowest BCUT2D eigenvalue weighted by Gasteiger charge is -2.25. The maximum Gasteiger partial charge on any atom is 0.244 e. The van der Waals surface area contributed by atoms with E-state index in [2.05, 4.69) is 15.2 Å². The number of aromatic nitrogens is 1. The predicted octanol–water partition coefficient (Wildman–Crippen LogP) is 1.15. The third kappa shape index (κ3) is 5.45. The molecule has 24 heavy (non-hydrogen) atoms. The minimum absolute atomic E-state index is 0.000229. The van der Waals surface area contributed by atoms with Crippen LogP contribution < -0.4 is 5.32 Å². The molecule has 1 aromatic heterocycles. The highest BCUT2D eigenvalue weighted by Crippen LogP contribution is 2.18. The monoisotopic (exact) mass is 330 g/mol. The van der Waals surface area contributed by atoms with Crippen molar-refractivity contribution in [3.8, 4) is 0 Å². The molecule has 0 radical (unpaired) electrons. The molecule has 1 fully saturated rings. The normalized spacial score (nSPS) is 18.0. The standard InChI is InChI=1S/C18H26N4O2/c1-21(2)18(24)16-8-5-13-22(16)14-6-12-20-17(23)10-9-15-7-3-4-11-19-15/h3-4,7,9-11,16H,5-6,8,12-14H2,1-2H3,(H,20,23)/b10-9+. The van der Waals surface area contributed by atoms with E-state index in [4.69, 9.17) is 0 Å². The number of nitrogens with zero attached hydrogens (tertiary/aromatic N) is 3. The van der Waals surface area contributed by atoms with Crippen molar-refractivity contribution in [2.24, 2.45) is 0 Å². The van der Waals surface area contributed by atoms with Gasteiger partial charge in [0, 0.05) is 39.5 Å². The third-order valence-corrected chi connectivity index (χ3v) is 4.10. The summed E-state index contributed by atoms with van der Waals surface area (Å²) in [5.41, 5.74) is 0.759. The average Bonchev–Trinajstić information content (AvgIpc) is 3.05. The Morgan fingerprint density at radius 2 is 2.25 bits per heavy atom. The van der Waals surface area contributed by atoms with E-state index in [1.54, 1.807) is 31.3 Å². The molecule has 130 valence electrons. The minimum Gasteiger partial charge on any atom is -0.353 e. The molecule has 1 aliphatic heterocycles. The Labute approximate surface area is 143 Å². The van der Waals surface area contributed by atoms with Crippen molar-refractivity contribution in [2.45, 2.75) is 25.3 Å². The summed E-state index contributed by atoms with van der Waals surface area (Å²) in [5, 5.41) is 2.87. The van der Waals surface area contributed by atoms with Crippen LogP contribution >= 0.6 is 0 Å². The number of amides is 2. The first-order chi connectivity index (χ1) is 11.6. The van der Waals surface area contributed by atoms with Gasteiger partial charge in [-0.1, -0.05) is 6.07 Å². The maximum absolute atomic E-state index is 12.1. The van der Waals surface area contributed by atoms with Crippen molar-refractivity contribution in [1.82, 2.24) is 20.1 Å². The number of pyridine rings is 1. The van der Waals surface area contributed by atoms with E-state index in [1.165, 1.54) is 6.08 Å². The summed E-state index contributed by atoms with van der Waals surface area (Å²) in [6.45, 7) is 2.39. The second-order valence-electron chi connectivity index (χ2n) is 6.16. The molecule has 0 aromatic carbocycles. The quantitative estimate of drug-likeness (QED) is 0.602. The summed E-state index contributed by atoms with van der Waals surface area (Å²) in [6, 6.07) is 5.56. The Hall–Kier alpha value is -2.21. The Bertz CT molecular complexity index is 572. The molecule has 1 atom stereocenters. The van der Waals surface area contributed by atoms with Gasteiger partial charge in [0.15, 0.2) is 0 Å². The van der Waals surface area contributed by atoms with E-state index in [0.717, 1.165) is 38.0 Å². The molecule has 1 saturated heterocycles. The number of carbonyl (C=O) groups excluding carboxylic acids is 2. The Balaban J connectivity index is 1.68. The van der Waals surface area contributed by atoms with Crippen LogP contribution in [0.1, 0.15) is 25.0 Å². The largest absolute Gasteiger partial charge is 0.353 e. The lowest BCUT2D eigenvalue weighted by atomic mass is 10.2. The van der Waals surface area contributed by atoms with Crippen LogP contribution in [0.4, 0.5) is 0 Å². The summed E-state index contributed by atoms with van der Waals surface area (Å²) in [4.78, 5) is 31.9. The van der Waals surface area contributed by atoms with Crippen LogP contribution in [0, 0.1) is 0 Å². The second kappa shape index (κ2) is 9.17. The number of hydrogen-bond acceptors (Lipinski definition) is 4. The van der Waals surface area contributed by atoms with Crippen molar-refractivity contribution in [2.75, 3.05) is 33.7 Å². The number of hydrogen-bond donors (Lipinski definition) is 1. The first-order valence-electron chi connectivity index (χ1n) is 8.40. The van der Waals surface area contributed by atoms with E-state index >= 15 is 0 Å². The molecule has 1 N–H and O–H groups in total. The van der Waals surface area contributed by atoms with Gasteiger partial charge < -0.3 is 10.2 Å². The van der Waals surface area contributed by atoms with E-state index in [0.29, 0.717) is 6.54 Å². The van der Waals surface area contributed by atoms with Gasteiger partial charge in [0.1, 0.15) is 0 Å². The Morgan fingerprint density at radius 1 is 1.42 bits per heavy atom. The van der Waals surface area contributed by atoms with E-state index < -0.39 is 0 Å². The summed E-state index contributed by atoms with van der Waals surface area (Å²) in [6.07, 6.45) is 7.71. The molecule has 2 amide bonds. The summed E-state index contributed by atoms with van der Waals surface area (Å²) >= 11 is 0. The van der Waals surface area contributed by atoms with Gasteiger partial charge in [-0.05, 0) is 44.0 Å². The fourth-order valence-corrected chi connectivity index (χ4v) is 2.86. The molecular weight excluding hydrogens is 304 g/mol. The highest BCUT2D eigenvalue weighted by Gasteiger charge is 2.30. The topological polar surface area (TPSA) is 65.5 Å². The van der Waals surface area contributed by atoms with Crippen LogP contribution in [0.25, 0.3) is 6.08 Å². The number of rotatable bonds is 7. The molecular formula is C18H26N4O2. The van der Waals surface area contributed by atoms with E-state index in [-0.39, 0.29) is 17.9 Å². The van der Waals surface area contributed by atoms with Crippen molar-refractivity contribution in [1.29, 1.82) is 0 Å². The van der Waals surface area contributed by atoms with Crippen LogP contribution in [0.5, 0.6) is 0 Å². The molecule has 0 bridgehead atoms. The van der Waals surface area contributed by atoms with Gasteiger partial charge >= 0.3 is 0 Å². The molecule has 1 aromatic rings. The van der Waals surface area contributed by atoms with Crippen LogP contribution in [0.3, 0.4) is 0 Å². The van der Waals surface area contributed by atoms with Crippen molar-refractivity contribution in [3.63, 3.8) is 0 Å². The predicted molar refractivity (Wildman–Crippen MR) is 94.2 cm³/mol. The first kappa shape index (κ1) is 18.1. The SMILES string of the molecule is CN(C)C(=O)C1CCCN1CCCNC(=O)/C=C/c1ccccn1. The zero-order valence-corrected chi connectivity index (χ0v) is 14.4. The highest BCUT2D eigenvalue weighted by atomic mass is 16.2. The molecule has 1 unspecified atom stereocenters. The zero-order valence-electron chi connectivity index (χ0n) is 14.4. The van der Waals surface area contributed by atoms with Gasteiger partial charge in [0.2, 0.25) is 11.8 Å². The molecule has 0 aliphatic carbocycles. The first-order valence-corrected chi connectivity index (χ1v) is 8.40. The Morgan fingerprint density at radius 3 is 2.96 bits per heavy atom. The maximum atomic E-state index is 12.1. The molecule has 0 saturated carbocycles. The molecule has 6 nitrogen and oxygen atoms in total. The molecule has 2 heterocycles. The Kier molecular flexibility index (Phi) is 6.93. The number of likely N-dealkylation sites (N-methyl/N-ethyl adjacent to an activating group) is 1. The van der Waals surface area contributed by atoms with E-state index in [1.807, 2.05) is 18.2 Å². The van der Waals surface area contributed by atoms with Crippen molar-refractivity contribution >= 4 is 17.9 Å². The van der Waals surface area contributed by atoms with Crippen molar-refractivity contribution < 1.29 is 9.59 Å². The average molecular weight is 330 g/mol. The van der Waals surface area contributed by atoms with Crippen LogP contribution in [0.15, 0.2) is 30.5 Å². The minimum atomic E-state index is -0.122. The summed E-state index contributed by atoms with van der Waals surface area (Å²) < 4.78 is 0. The van der Waals surface area contributed by atoms with Gasteiger partial charge in [-0.2, -0.15) is 0 Å². The summed E-state index contributed by atoms with van der Waals surface area (Å²) in [7, 11) is 3.60. The lowest BCUT2D eigenvalue weighted by Crippen LogP contribution is -2.43. The van der Waals surface area contributed by atoms with Gasteiger partial charge in [0.05, 0.1) is 11.7 Å². The molecule has 6 heteroatoms. The number of likely N-dealkylation sites (tertiary alicyclic amines) is 1. The second-order valence-corrected chi connectivity index (χ2v) is 6.16. The van der Waals surface area contributed by atoms with Gasteiger partial charge in [-0.15, -0.1) is 0 Å². The van der Waals surface area contributed by atoms with Gasteiger partial charge in [-0.25, -0.2) is 0 Å². The fraction of sp³-hybridized carbons (Fsp3) is 0.500. The van der Waals surface area contributed by atoms with Gasteiger partial charge in [0.25, 0.3) is 0 Å². The lowest BCUT2D eigenvalue weighted by molar-refractivity contribution is -0.133. The smallest absolute Gasteiger partial charge is 0.244 e. The third-order valence-electron chi connectivity index (χ3n) is 4.10. The van der Waals surface area contributed by atoms with Crippen LogP contribution in [-0.4, -0.2) is 66.4 Å². The zero-order chi connectivity index (χ0) is 17.4. The van der Waals surface area contributed by atoms with Crippen LogP contribution in [0.2, 0.25) is 0 Å².